The van der Waals surface area contributed by atoms with E-state index in [1.165, 1.54) is 5.56 Å². The highest BCUT2D eigenvalue weighted by atomic mass is 79.9. The quantitative estimate of drug-likeness (QED) is 0.329. The standard InChI is InChI=1S/C27H23BrN4O/c1-2-18-8-10-19(11-9-18)24-16-25(20-12-14-21(28)15-13-20)32-26(31-24)23(17-29-32)27(33)30-22-6-4-3-5-7-22/h3-17,25,31H,2H2,1H3,(H,30,33)/t25-/m0/s1. The minimum atomic E-state index is -0.202. The average molecular weight is 499 g/mol. The maximum absolute atomic E-state index is 13.1. The van der Waals surface area contributed by atoms with Gasteiger partial charge in [0.2, 0.25) is 0 Å². The van der Waals surface area contributed by atoms with Crippen LogP contribution < -0.4 is 10.6 Å². The van der Waals surface area contributed by atoms with E-state index in [-0.39, 0.29) is 11.9 Å². The lowest BCUT2D eigenvalue weighted by Crippen LogP contribution is -2.22. The molecular formula is C27H23BrN4O. The van der Waals surface area contributed by atoms with E-state index in [1.807, 2.05) is 47.1 Å². The summed E-state index contributed by atoms with van der Waals surface area (Å²) < 4.78 is 2.88. The van der Waals surface area contributed by atoms with Crippen molar-refractivity contribution >= 4 is 39.0 Å². The molecule has 5 rings (SSSR count). The predicted molar refractivity (Wildman–Crippen MR) is 136 cm³/mol. The third-order valence-electron chi connectivity index (χ3n) is 5.80. The van der Waals surface area contributed by atoms with Crippen molar-refractivity contribution in [2.24, 2.45) is 0 Å². The number of carbonyl (C=O) groups excluding carboxylic acids is 1. The summed E-state index contributed by atoms with van der Waals surface area (Å²) in [6.45, 7) is 2.15. The monoisotopic (exact) mass is 498 g/mol. The zero-order valence-electron chi connectivity index (χ0n) is 18.1. The summed E-state index contributed by atoms with van der Waals surface area (Å²) in [6, 6.07) is 26.0. The molecule has 6 heteroatoms. The van der Waals surface area contributed by atoms with E-state index in [2.05, 4.69) is 81.1 Å². The first-order valence-electron chi connectivity index (χ1n) is 10.9. The van der Waals surface area contributed by atoms with Crippen LogP contribution in [0.3, 0.4) is 0 Å². The Balaban J connectivity index is 1.55. The van der Waals surface area contributed by atoms with Crippen molar-refractivity contribution in [2.75, 3.05) is 10.6 Å². The van der Waals surface area contributed by atoms with Gasteiger partial charge in [-0.15, -0.1) is 0 Å². The average Bonchev–Trinajstić information content (AvgIpc) is 3.29. The number of para-hydroxylation sites is 1. The Morgan fingerprint density at radius 2 is 1.76 bits per heavy atom. The van der Waals surface area contributed by atoms with E-state index in [1.54, 1.807) is 6.20 Å². The van der Waals surface area contributed by atoms with Crippen LogP contribution >= 0.6 is 15.9 Å². The summed E-state index contributed by atoms with van der Waals surface area (Å²) in [5.41, 5.74) is 5.63. The highest BCUT2D eigenvalue weighted by molar-refractivity contribution is 9.10. The second-order valence-corrected chi connectivity index (χ2v) is 8.84. The summed E-state index contributed by atoms with van der Waals surface area (Å²) in [6.07, 6.45) is 4.78. The lowest BCUT2D eigenvalue weighted by Gasteiger charge is -2.26. The molecule has 0 bridgehead atoms. The number of hydrogen-bond acceptors (Lipinski definition) is 3. The lowest BCUT2D eigenvalue weighted by atomic mass is 10.00. The number of hydrogen-bond donors (Lipinski definition) is 2. The highest BCUT2D eigenvalue weighted by Gasteiger charge is 2.28. The summed E-state index contributed by atoms with van der Waals surface area (Å²) in [5, 5.41) is 11.0. The number of halogens is 1. The Hall–Kier alpha value is -3.64. The van der Waals surface area contributed by atoms with E-state index >= 15 is 0 Å². The SMILES string of the molecule is CCc1ccc(C2=C[C@@H](c3ccc(Br)cc3)n3ncc(C(=O)Nc4ccccc4)c3N2)cc1. The molecule has 1 amide bonds. The van der Waals surface area contributed by atoms with Crippen molar-refractivity contribution in [3.8, 4) is 0 Å². The maximum Gasteiger partial charge on any atom is 0.261 e. The van der Waals surface area contributed by atoms with Crippen LogP contribution in [0.5, 0.6) is 0 Å². The van der Waals surface area contributed by atoms with Crippen molar-refractivity contribution in [3.05, 3.63) is 118 Å². The fourth-order valence-corrected chi connectivity index (χ4v) is 4.23. The number of anilines is 2. The summed E-state index contributed by atoms with van der Waals surface area (Å²) in [5.74, 6) is 0.473. The molecule has 1 atom stereocenters. The second-order valence-electron chi connectivity index (χ2n) is 7.92. The molecular weight excluding hydrogens is 476 g/mol. The van der Waals surface area contributed by atoms with Crippen LogP contribution in [0, 0.1) is 0 Å². The fraction of sp³-hybridized carbons (Fsp3) is 0.111. The third-order valence-corrected chi connectivity index (χ3v) is 6.33. The van der Waals surface area contributed by atoms with Crippen molar-refractivity contribution in [2.45, 2.75) is 19.4 Å². The Kier molecular flexibility index (Phi) is 5.84. The molecule has 2 heterocycles. The number of rotatable bonds is 5. The van der Waals surface area contributed by atoms with Crippen molar-refractivity contribution in [1.29, 1.82) is 0 Å². The zero-order chi connectivity index (χ0) is 22.8. The zero-order valence-corrected chi connectivity index (χ0v) is 19.7. The molecule has 0 spiro atoms. The molecule has 4 aromatic rings. The molecule has 0 saturated carbocycles. The van der Waals surface area contributed by atoms with Crippen LogP contribution in [0.1, 0.15) is 40.0 Å². The Morgan fingerprint density at radius 1 is 1.03 bits per heavy atom. The van der Waals surface area contributed by atoms with Gasteiger partial charge in [0, 0.05) is 15.9 Å². The van der Waals surface area contributed by atoms with Crippen molar-refractivity contribution < 1.29 is 4.79 Å². The van der Waals surface area contributed by atoms with Crippen LogP contribution in [0.4, 0.5) is 11.5 Å². The van der Waals surface area contributed by atoms with E-state index in [9.17, 15) is 4.79 Å². The highest BCUT2D eigenvalue weighted by Crippen LogP contribution is 2.36. The second kappa shape index (κ2) is 9.08. The van der Waals surface area contributed by atoms with Gasteiger partial charge in [0.05, 0.1) is 12.2 Å². The van der Waals surface area contributed by atoms with Crippen LogP contribution in [-0.4, -0.2) is 15.7 Å². The molecule has 1 aliphatic heterocycles. The fourth-order valence-electron chi connectivity index (χ4n) is 3.97. The Morgan fingerprint density at radius 3 is 2.45 bits per heavy atom. The van der Waals surface area contributed by atoms with Gasteiger partial charge >= 0.3 is 0 Å². The molecule has 5 nitrogen and oxygen atoms in total. The summed E-state index contributed by atoms with van der Waals surface area (Å²) in [4.78, 5) is 13.1. The van der Waals surface area contributed by atoms with Gasteiger partial charge < -0.3 is 10.6 Å². The topological polar surface area (TPSA) is 59.0 Å². The van der Waals surface area contributed by atoms with Gasteiger partial charge in [0.1, 0.15) is 11.4 Å². The number of benzene rings is 3. The molecule has 0 saturated heterocycles. The molecule has 33 heavy (non-hydrogen) atoms. The van der Waals surface area contributed by atoms with E-state index in [0.717, 1.165) is 33.4 Å². The number of fused-ring (bicyclic) bond motifs is 1. The summed E-state index contributed by atoms with van der Waals surface area (Å²) >= 11 is 3.51. The number of nitrogens with zero attached hydrogens (tertiary/aromatic N) is 2. The Bertz CT molecular complexity index is 1310. The van der Waals surface area contributed by atoms with Crippen LogP contribution in [0.15, 0.2) is 95.6 Å². The molecule has 3 aromatic carbocycles. The van der Waals surface area contributed by atoms with Gasteiger partial charge in [0.15, 0.2) is 0 Å². The maximum atomic E-state index is 13.1. The molecule has 0 fully saturated rings. The van der Waals surface area contributed by atoms with Crippen LogP contribution in [0.2, 0.25) is 0 Å². The first-order chi connectivity index (χ1) is 16.1. The van der Waals surface area contributed by atoms with Gasteiger partial charge in [0.25, 0.3) is 5.91 Å². The number of allylic oxidation sites excluding steroid dienone is 1. The minimum Gasteiger partial charge on any atom is -0.339 e. The largest absolute Gasteiger partial charge is 0.339 e. The third kappa shape index (κ3) is 4.34. The number of aromatic nitrogens is 2. The van der Waals surface area contributed by atoms with Crippen molar-refractivity contribution in [1.82, 2.24) is 9.78 Å². The molecule has 2 N–H and O–H groups in total. The molecule has 0 aliphatic carbocycles. The molecule has 0 unspecified atom stereocenters. The van der Waals surface area contributed by atoms with Gasteiger partial charge in [-0.25, -0.2) is 4.68 Å². The molecule has 1 aromatic heterocycles. The minimum absolute atomic E-state index is 0.145. The predicted octanol–water partition coefficient (Wildman–Crippen LogP) is 6.52. The smallest absolute Gasteiger partial charge is 0.261 e. The van der Waals surface area contributed by atoms with Gasteiger partial charge in [-0.1, -0.05) is 77.5 Å². The molecule has 164 valence electrons. The lowest BCUT2D eigenvalue weighted by molar-refractivity contribution is 0.102. The number of amides is 1. The Labute approximate surface area is 201 Å². The normalized spacial score (nSPS) is 14.7. The van der Waals surface area contributed by atoms with Crippen LogP contribution in [-0.2, 0) is 6.42 Å². The van der Waals surface area contributed by atoms with Crippen LogP contribution in [0.25, 0.3) is 5.70 Å². The van der Waals surface area contributed by atoms with Gasteiger partial charge in [-0.05, 0) is 53.5 Å². The first kappa shape index (κ1) is 21.2. The molecule has 0 radical (unpaired) electrons. The van der Waals surface area contributed by atoms with E-state index in [0.29, 0.717) is 11.4 Å². The summed E-state index contributed by atoms with van der Waals surface area (Å²) in [7, 11) is 0. The van der Waals surface area contributed by atoms with Gasteiger partial charge in [-0.2, -0.15) is 5.10 Å². The van der Waals surface area contributed by atoms with E-state index in [4.69, 9.17) is 0 Å². The number of nitrogens with one attached hydrogen (secondary N) is 2. The van der Waals surface area contributed by atoms with Crippen molar-refractivity contribution in [3.63, 3.8) is 0 Å². The van der Waals surface area contributed by atoms with E-state index < -0.39 is 0 Å². The van der Waals surface area contributed by atoms with Gasteiger partial charge in [-0.3, -0.25) is 4.79 Å². The molecule has 1 aliphatic rings. The first-order valence-corrected chi connectivity index (χ1v) is 11.7. The number of aryl methyl sites for hydroxylation is 1. The number of carbonyl (C=O) groups is 1.